The van der Waals surface area contributed by atoms with Gasteiger partial charge in [-0.15, -0.1) is 0 Å². The number of aryl methyl sites for hydroxylation is 1. The Bertz CT molecular complexity index is 1010. The van der Waals surface area contributed by atoms with Crippen LogP contribution in [0.3, 0.4) is 0 Å². The smallest absolute Gasteiger partial charge is 0.220 e. The Kier molecular flexibility index (Phi) is 6.31. The van der Waals surface area contributed by atoms with Gasteiger partial charge in [-0.1, -0.05) is 29.3 Å². The topological polar surface area (TPSA) is 55.1 Å². The lowest BCUT2D eigenvalue weighted by Gasteiger charge is -2.14. The molecule has 2 aromatic carbocycles. The first-order valence-electron chi connectivity index (χ1n) is 8.48. The van der Waals surface area contributed by atoms with E-state index in [4.69, 9.17) is 27.6 Å². The van der Waals surface area contributed by atoms with E-state index in [0.717, 1.165) is 17.7 Å². The Morgan fingerprint density at radius 2 is 1.96 bits per heavy atom. The number of oxazole rings is 1. The quantitative estimate of drug-likeness (QED) is 0.548. The minimum atomic E-state index is -0.740. The van der Waals surface area contributed by atoms with E-state index in [1.165, 1.54) is 12.3 Å². The summed E-state index contributed by atoms with van der Waals surface area (Å²) in [6.07, 6.45) is 1.72. The van der Waals surface area contributed by atoms with Crippen LogP contribution in [0.1, 0.15) is 30.8 Å². The van der Waals surface area contributed by atoms with E-state index in [-0.39, 0.29) is 42.0 Å². The van der Waals surface area contributed by atoms with Gasteiger partial charge in [-0.05, 0) is 36.8 Å². The van der Waals surface area contributed by atoms with Gasteiger partial charge in [0.2, 0.25) is 5.91 Å². The van der Waals surface area contributed by atoms with Crippen LogP contribution in [-0.4, -0.2) is 10.9 Å². The third-order valence-corrected chi connectivity index (χ3v) is 4.88. The zero-order valence-corrected chi connectivity index (χ0v) is 16.3. The molecule has 1 atom stereocenters. The lowest BCUT2D eigenvalue weighted by molar-refractivity contribution is -0.121. The van der Waals surface area contributed by atoms with Gasteiger partial charge in [0.1, 0.15) is 11.6 Å². The molecule has 3 aromatic rings. The largest absolute Gasteiger partial charge is 0.441 e. The molecule has 3 rings (SSSR count). The number of amides is 1. The van der Waals surface area contributed by atoms with Crippen molar-refractivity contribution in [3.05, 3.63) is 75.7 Å². The number of hydrogen-bond donors (Lipinski definition) is 1. The third-order valence-electron chi connectivity index (χ3n) is 4.14. The normalized spacial score (nSPS) is 12.0. The van der Waals surface area contributed by atoms with Gasteiger partial charge in [0.05, 0.1) is 27.8 Å². The minimum absolute atomic E-state index is 0.109. The molecule has 146 valence electrons. The molecule has 0 bridgehead atoms. The maximum absolute atomic E-state index is 13.8. The third kappa shape index (κ3) is 4.88. The van der Waals surface area contributed by atoms with E-state index >= 15 is 0 Å². The molecular formula is C20H16Cl2F2N2O2. The SMILES string of the molecule is C[C@@H](NC(=O)CCc1ncc(-c2ccc(F)cc2F)o1)c1ccc(Cl)c(Cl)c1. The lowest BCUT2D eigenvalue weighted by Crippen LogP contribution is -2.26. The number of hydrogen-bond acceptors (Lipinski definition) is 3. The highest BCUT2D eigenvalue weighted by atomic mass is 35.5. The van der Waals surface area contributed by atoms with Gasteiger partial charge in [0.15, 0.2) is 11.7 Å². The Balaban J connectivity index is 1.57. The predicted octanol–water partition coefficient (Wildman–Crippen LogP) is 5.74. The van der Waals surface area contributed by atoms with Crippen molar-refractivity contribution in [2.75, 3.05) is 0 Å². The number of benzene rings is 2. The summed E-state index contributed by atoms with van der Waals surface area (Å²) in [6.45, 7) is 1.83. The highest BCUT2D eigenvalue weighted by Gasteiger charge is 2.15. The number of nitrogens with one attached hydrogen (secondary N) is 1. The van der Waals surface area contributed by atoms with Crippen molar-refractivity contribution in [1.82, 2.24) is 10.3 Å². The Morgan fingerprint density at radius 3 is 2.68 bits per heavy atom. The number of carbonyl (C=O) groups excluding carboxylic acids is 1. The van der Waals surface area contributed by atoms with Crippen molar-refractivity contribution >= 4 is 29.1 Å². The van der Waals surface area contributed by atoms with E-state index in [1.807, 2.05) is 6.92 Å². The zero-order chi connectivity index (χ0) is 20.3. The van der Waals surface area contributed by atoms with Gasteiger partial charge in [-0.3, -0.25) is 4.79 Å². The molecule has 0 saturated heterocycles. The maximum Gasteiger partial charge on any atom is 0.220 e. The number of aromatic nitrogens is 1. The zero-order valence-electron chi connectivity index (χ0n) is 14.8. The summed E-state index contributed by atoms with van der Waals surface area (Å²) in [4.78, 5) is 16.2. The molecule has 0 unspecified atom stereocenters. The highest BCUT2D eigenvalue weighted by molar-refractivity contribution is 6.42. The Labute approximate surface area is 170 Å². The summed E-state index contributed by atoms with van der Waals surface area (Å²) in [6, 6.07) is 8.10. The molecule has 8 heteroatoms. The summed E-state index contributed by atoms with van der Waals surface area (Å²) >= 11 is 11.9. The molecule has 0 saturated carbocycles. The van der Waals surface area contributed by atoms with Crippen LogP contribution in [0.15, 0.2) is 47.0 Å². The summed E-state index contributed by atoms with van der Waals surface area (Å²) < 4.78 is 32.3. The van der Waals surface area contributed by atoms with Crippen LogP contribution in [0.2, 0.25) is 10.0 Å². The standard InChI is InChI=1S/C20H16Cl2F2N2O2/c1-11(12-2-5-15(21)16(22)8-12)26-19(27)6-7-20-25-10-18(28-20)14-4-3-13(23)9-17(14)24/h2-5,8-11H,6-7H2,1H3,(H,26,27)/t11-/m1/s1. The molecule has 4 nitrogen and oxygen atoms in total. The minimum Gasteiger partial charge on any atom is -0.441 e. The maximum atomic E-state index is 13.8. The van der Waals surface area contributed by atoms with E-state index in [1.54, 1.807) is 18.2 Å². The molecule has 1 heterocycles. The van der Waals surface area contributed by atoms with Gasteiger partial charge < -0.3 is 9.73 Å². The Morgan fingerprint density at radius 1 is 1.18 bits per heavy atom. The van der Waals surface area contributed by atoms with E-state index in [9.17, 15) is 13.6 Å². The fraction of sp³-hybridized carbons (Fsp3) is 0.200. The van der Waals surface area contributed by atoms with Crippen LogP contribution in [0.4, 0.5) is 8.78 Å². The Hall–Kier alpha value is -2.44. The number of carbonyl (C=O) groups is 1. The van der Waals surface area contributed by atoms with Crippen LogP contribution in [0.25, 0.3) is 11.3 Å². The monoisotopic (exact) mass is 424 g/mol. The molecule has 0 aliphatic heterocycles. The van der Waals surface area contributed by atoms with Crippen LogP contribution in [0, 0.1) is 11.6 Å². The van der Waals surface area contributed by atoms with Crippen LogP contribution < -0.4 is 5.32 Å². The van der Waals surface area contributed by atoms with Crippen LogP contribution >= 0.6 is 23.2 Å². The first kappa shape index (κ1) is 20.3. The molecule has 1 aromatic heterocycles. The second-order valence-corrected chi connectivity index (χ2v) is 7.02. The average molecular weight is 425 g/mol. The van der Waals surface area contributed by atoms with Crippen molar-refractivity contribution in [3.63, 3.8) is 0 Å². The molecular weight excluding hydrogens is 409 g/mol. The van der Waals surface area contributed by atoms with Crippen molar-refractivity contribution in [1.29, 1.82) is 0 Å². The van der Waals surface area contributed by atoms with E-state index in [2.05, 4.69) is 10.3 Å². The van der Waals surface area contributed by atoms with Gasteiger partial charge in [0, 0.05) is 18.9 Å². The van der Waals surface area contributed by atoms with E-state index < -0.39 is 11.6 Å². The summed E-state index contributed by atoms with van der Waals surface area (Å²) in [5.41, 5.74) is 0.936. The van der Waals surface area contributed by atoms with Crippen molar-refractivity contribution < 1.29 is 18.0 Å². The summed E-state index contributed by atoms with van der Waals surface area (Å²) in [5, 5.41) is 3.72. The fourth-order valence-corrected chi connectivity index (χ4v) is 2.95. The molecule has 0 aliphatic rings. The van der Waals surface area contributed by atoms with E-state index in [0.29, 0.717) is 10.0 Å². The van der Waals surface area contributed by atoms with Gasteiger partial charge in [-0.25, -0.2) is 13.8 Å². The first-order chi connectivity index (χ1) is 13.3. The number of halogens is 4. The molecule has 0 spiro atoms. The van der Waals surface area contributed by atoms with Gasteiger partial charge in [0.25, 0.3) is 0 Å². The lowest BCUT2D eigenvalue weighted by atomic mass is 10.1. The van der Waals surface area contributed by atoms with Gasteiger partial charge >= 0.3 is 0 Å². The first-order valence-corrected chi connectivity index (χ1v) is 9.23. The number of nitrogens with zero attached hydrogens (tertiary/aromatic N) is 1. The fourth-order valence-electron chi connectivity index (χ4n) is 2.64. The summed E-state index contributed by atoms with van der Waals surface area (Å²) in [5.74, 6) is -1.15. The van der Waals surface area contributed by atoms with Gasteiger partial charge in [-0.2, -0.15) is 0 Å². The average Bonchev–Trinajstić information content (AvgIpc) is 3.11. The second-order valence-electron chi connectivity index (χ2n) is 6.21. The predicted molar refractivity (Wildman–Crippen MR) is 103 cm³/mol. The molecule has 0 fully saturated rings. The molecule has 1 N–H and O–H groups in total. The van der Waals surface area contributed by atoms with Crippen LogP contribution in [-0.2, 0) is 11.2 Å². The van der Waals surface area contributed by atoms with Crippen molar-refractivity contribution in [3.8, 4) is 11.3 Å². The highest BCUT2D eigenvalue weighted by Crippen LogP contribution is 2.26. The number of rotatable bonds is 6. The summed E-state index contributed by atoms with van der Waals surface area (Å²) in [7, 11) is 0. The molecule has 1 amide bonds. The van der Waals surface area contributed by atoms with Crippen molar-refractivity contribution in [2.24, 2.45) is 0 Å². The molecule has 28 heavy (non-hydrogen) atoms. The van der Waals surface area contributed by atoms with Crippen LogP contribution in [0.5, 0.6) is 0 Å². The second kappa shape index (κ2) is 8.71. The molecule has 0 radical (unpaired) electrons. The van der Waals surface area contributed by atoms with Crippen molar-refractivity contribution in [2.45, 2.75) is 25.8 Å². The molecule has 0 aliphatic carbocycles.